The van der Waals surface area contributed by atoms with Crippen LogP contribution in [0.5, 0.6) is 0 Å². The van der Waals surface area contributed by atoms with Gasteiger partial charge < -0.3 is 19.7 Å². The van der Waals surface area contributed by atoms with Crippen molar-refractivity contribution in [1.29, 1.82) is 0 Å². The molecular formula is C12H16O4. The normalized spacial score (nSPS) is 45.4. The molecule has 3 aliphatic rings. The summed E-state index contributed by atoms with van der Waals surface area (Å²) in [7, 11) is 0. The molecule has 4 atom stereocenters. The minimum atomic E-state index is -1.17. The summed E-state index contributed by atoms with van der Waals surface area (Å²) in [5, 5.41) is 20.5. The molecule has 0 aromatic rings. The first kappa shape index (κ1) is 10.5. The van der Waals surface area contributed by atoms with E-state index in [0.717, 1.165) is 12.2 Å². The van der Waals surface area contributed by atoms with Gasteiger partial charge in [-0.1, -0.05) is 18.2 Å². The summed E-state index contributed by atoms with van der Waals surface area (Å²) < 4.78 is 10.2. The topological polar surface area (TPSA) is 65.5 Å². The van der Waals surface area contributed by atoms with Crippen LogP contribution >= 0.6 is 0 Å². The van der Waals surface area contributed by atoms with E-state index in [1.165, 1.54) is 0 Å². The first-order valence-electron chi connectivity index (χ1n) is 5.69. The molecule has 2 N–H and O–H groups in total. The number of allylic oxidation sites excluding steroid dienone is 2. The fourth-order valence-electron chi connectivity index (χ4n) is 2.20. The number of hydrogen-bond donors (Lipinski definition) is 2. The van der Waals surface area contributed by atoms with E-state index in [4.69, 9.17) is 9.47 Å². The molecule has 2 aliphatic heterocycles. The highest BCUT2D eigenvalue weighted by Crippen LogP contribution is 2.35. The summed E-state index contributed by atoms with van der Waals surface area (Å²) in [6.07, 6.45) is 6.02. The summed E-state index contributed by atoms with van der Waals surface area (Å²) in [4.78, 5) is 0. The lowest BCUT2D eigenvalue weighted by molar-refractivity contribution is -0.0331. The Morgan fingerprint density at radius 3 is 2.62 bits per heavy atom. The van der Waals surface area contributed by atoms with E-state index < -0.39 is 11.7 Å². The second-order valence-corrected chi connectivity index (χ2v) is 4.81. The maximum atomic E-state index is 10.4. The minimum absolute atomic E-state index is 0.0980. The van der Waals surface area contributed by atoms with E-state index in [1.807, 2.05) is 12.2 Å². The molecule has 0 saturated carbocycles. The Labute approximate surface area is 94.2 Å². The first-order chi connectivity index (χ1) is 7.67. The van der Waals surface area contributed by atoms with Crippen LogP contribution in [0.3, 0.4) is 0 Å². The molecule has 88 valence electrons. The Morgan fingerprint density at radius 1 is 1.31 bits per heavy atom. The van der Waals surface area contributed by atoms with Crippen LogP contribution in [0.1, 0.15) is 12.8 Å². The predicted molar refractivity (Wildman–Crippen MR) is 56.9 cm³/mol. The fourth-order valence-corrected chi connectivity index (χ4v) is 2.20. The lowest BCUT2D eigenvalue weighted by Gasteiger charge is -2.33. The summed E-state index contributed by atoms with van der Waals surface area (Å²) in [5.74, 6) is 0. The molecule has 0 amide bonds. The Kier molecular flexibility index (Phi) is 2.40. The maximum absolute atomic E-state index is 10.4. The van der Waals surface area contributed by atoms with Gasteiger partial charge in [-0.3, -0.25) is 0 Å². The van der Waals surface area contributed by atoms with Crippen molar-refractivity contribution in [3.05, 3.63) is 23.8 Å². The van der Waals surface area contributed by atoms with Crippen LogP contribution in [0.15, 0.2) is 23.8 Å². The molecule has 16 heavy (non-hydrogen) atoms. The van der Waals surface area contributed by atoms with Gasteiger partial charge in [0.2, 0.25) is 0 Å². The molecule has 4 heteroatoms. The minimum Gasteiger partial charge on any atom is -0.385 e. The van der Waals surface area contributed by atoms with Crippen molar-refractivity contribution >= 4 is 0 Å². The molecule has 2 heterocycles. The summed E-state index contributed by atoms with van der Waals surface area (Å²) in [6.45, 7) is 1.45. The molecule has 0 bridgehead atoms. The van der Waals surface area contributed by atoms with Gasteiger partial charge in [0.15, 0.2) is 0 Å². The van der Waals surface area contributed by atoms with Gasteiger partial charge in [0, 0.05) is 6.42 Å². The Balaban J connectivity index is 1.71. The van der Waals surface area contributed by atoms with E-state index in [0.29, 0.717) is 19.4 Å². The Hall–Kier alpha value is -0.680. The first-order valence-corrected chi connectivity index (χ1v) is 5.69. The Bertz CT molecular complexity index is 341. The highest BCUT2D eigenvalue weighted by molar-refractivity contribution is 5.31. The van der Waals surface area contributed by atoms with Gasteiger partial charge >= 0.3 is 0 Å². The molecule has 0 aromatic heterocycles. The monoisotopic (exact) mass is 224 g/mol. The summed E-state index contributed by atoms with van der Waals surface area (Å²) in [6, 6.07) is 0. The number of rotatable bonds is 4. The van der Waals surface area contributed by atoms with Crippen LogP contribution in [0.2, 0.25) is 0 Å². The summed E-state index contributed by atoms with van der Waals surface area (Å²) in [5.41, 5.74) is -0.312. The van der Waals surface area contributed by atoms with Gasteiger partial charge in [0.1, 0.15) is 11.7 Å². The lowest BCUT2D eigenvalue weighted by Crippen LogP contribution is -2.44. The van der Waals surface area contributed by atoms with Crippen molar-refractivity contribution in [3.63, 3.8) is 0 Å². The highest BCUT2D eigenvalue weighted by atomic mass is 16.6. The highest BCUT2D eigenvalue weighted by Gasteiger charge is 2.43. The van der Waals surface area contributed by atoms with Crippen molar-refractivity contribution in [1.82, 2.24) is 0 Å². The van der Waals surface area contributed by atoms with Gasteiger partial charge in [-0.05, 0) is 12.0 Å². The van der Waals surface area contributed by atoms with Crippen molar-refractivity contribution in [2.45, 2.75) is 36.8 Å². The largest absolute Gasteiger partial charge is 0.385 e. The predicted octanol–water partition coefficient (Wildman–Crippen LogP) is 0.152. The van der Waals surface area contributed by atoms with E-state index in [9.17, 15) is 10.2 Å². The molecule has 1 aliphatic carbocycles. The van der Waals surface area contributed by atoms with Crippen LogP contribution in [0.4, 0.5) is 0 Å². The molecule has 4 unspecified atom stereocenters. The third-order valence-electron chi connectivity index (χ3n) is 3.34. The zero-order valence-electron chi connectivity index (χ0n) is 9.00. The van der Waals surface area contributed by atoms with Crippen molar-refractivity contribution < 1.29 is 19.7 Å². The quantitative estimate of drug-likeness (QED) is 0.667. The maximum Gasteiger partial charge on any atom is 0.115 e. The zero-order chi connectivity index (χ0) is 11.2. The van der Waals surface area contributed by atoms with E-state index in [-0.39, 0.29) is 12.2 Å². The van der Waals surface area contributed by atoms with Crippen LogP contribution in [-0.4, -0.2) is 47.3 Å². The SMILES string of the molecule is OC1C(CC2CO2)=CC=CC1(O)CC1CO1. The Morgan fingerprint density at radius 2 is 2.00 bits per heavy atom. The van der Waals surface area contributed by atoms with Crippen molar-refractivity contribution in [3.8, 4) is 0 Å². The van der Waals surface area contributed by atoms with E-state index in [2.05, 4.69) is 0 Å². The average molecular weight is 224 g/mol. The van der Waals surface area contributed by atoms with Gasteiger partial charge in [0.25, 0.3) is 0 Å². The smallest absolute Gasteiger partial charge is 0.115 e. The van der Waals surface area contributed by atoms with Crippen molar-refractivity contribution in [2.75, 3.05) is 13.2 Å². The second kappa shape index (κ2) is 3.67. The van der Waals surface area contributed by atoms with Crippen LogP contribution in [0.25, 0.3) is 0 Å². The van der Waals surface area contributed by atoms with Crippen LogP contribution in [0, 0.1) is 0 Å². The van der Waals surface area contributed by atoms with Gasteiger partial charge in [-0.25, -0.2) is 0 Å². The summed E-state index contributed by atoms with van der Waals surface area (Å²) >= 11 is 0. The van der Waals surface area contributed by atoms with Crippen LogP contribution in [-0.2, 0) is 9.47 Å². The number of aliphatic hydroxyl groups excluding tert-OH is 1. The molecule has 0 aromatic carbocycles. The number of hydrogen-bond acceptors (Lipinski definition) is 4. The van der Waals surface area contributed by atoms with Gasteiger partial charge in [-0.2, -0.15) is 0 Å². The number of ether oxygens (including phenoxy) is 2. The van der Waals surface area contributed by atoms with E-state index in [1.54, 1.807) is 6.08 Å². The zero-order valence-corrected chi connectivity index (χ0v) is 9.00. The molecule has 3 rings (SSSR count). The van der Waals surface area contributed by atoms with Crippen molar-refractivity contribution in [2.24, 2.45) is 0 Å². The van der Waals surface area contributed by atoms with Crippen LogP contribution < -0.4 is 0 Å². The lowest BCUT2D eigenvalue weighted by atomic mass is 9.82. The van der Waals surface area contributed by atoms with Gasteiger partial charge in [-0.15, -0.1) is 0 Å². The second-order valence-electron chi connectivity index (χ2n) is 4.81. The number of aliphatic hydroxyl groups is 2. The standard InChI is InChI=1S/C12H16O4/c13-11-8(4-9-6-15-9)2-1-3-12(11,14)5-10-7-16-10/h1-3,9-11,13-14H,4-7H2. The third kappa shape index (κ3) is 2.06. The average Bonchev–Trinajstić information content (AvgIpc) is 3.08. The molecular weight excluding hydrogens is 208 g/mol. The molecule has 0 spiro atoms. The molecule has 0 radical (unpaired) electrons. The molecule has 2 fully saturated rings. The van der Waals surface area contributed by atoms with E-state index >= 15 is 0 Å². The third-order valence-corrected chi connectivity index (χ3v) is 3.34. The molecule has 2 saturated heterocycles. The fraction of sp³-hybridized carbons (Fsp3) is 0.667. The van der Waals surface area contributed by atoms with Gasteiger partial charge in [0.05, 0.1) is 25.4 Å². The number of epoxide rings is 2. The molecule has 4 nitrogen and oxygen atoms in total.